The van der Waals surface area contributed by atoms with Crippen LogP contribution in [0.2, 0.25) is 0 Å². The molecule has 29 heavy (non-hydrogen) atoms. The molecule has 1 N–H and O–H groups in total. The Morgan fingerprint density at radius 2 is 1.69 bits per heavy atom. The van der Waals surface area contributed by atoms with Crippen molar-refractivity contribution in [2.75, 3.05) is 6.26 Å². The molecule has 0 amide bonds. The van der Waals surface area contributed by atoms with Crippen molar-refractivity contribution in [3.8, 4) is 0 Å². The van der Waals surface area contributed by atoms with Gasteiger partial charge in [-0.25, -0.2) is 13.4 Å². The van der Waals surface area contributed by atoms with E-state index in [1.807, 2.05) is 23.7 Å². The first-order valence-electron chi connectivity index (χ1n) is 10.2. The molecule has 0 radical (unpaired) electrons. The summed E-state index contributed by atoms with van der Waals surface area (Å²) in [5, 5.41) is 3.80. The molecule has 0 bridgehead atoms. The minimum atomic E-state index is -3.25. The molecule has 156 valence electrons. The van der Waals surface area contributed by atoms with Crippen LogP contribution in [0.15, 0.2) is 38.9 Å². The first-order valence-corrected chi connectivity index (χ1v) is 13.0. The zero-order chi connectivity index (χ0) is 20.6. The average molecular weight is 434 g/mol. The van der Waals surface area contributed by atoms with E-state index in [4.69, 9.17) is 4.99 Å². The van der Waals surface area contributed by atoms with Gasteiger partial charge in [0.05, 0.1) is 26.8 Å². The van der Waals surface area contributed by atoms with Crippen LogP contribution in [-0.2, 0) is 9.84 Å². The van der Waals surface area contributed by atoms with Gasteiger partial charge in [-0.1, -0.05) is 56.0 Å². The normalized spacial score (nSPS) is 21.2. The van der Waals surface area contributed by atoms with Crippen LogP contribution in [0.25, 0.3) is 0 Å². The van der Waals surface area contributed by atoms with E-state index in [0.29, 0.717) is 5.56 Å². The predicted molar refractivity (Wildman–Crippen MR) is 118 cm³/mol. The molecule has 1 saturated carbocycles. The van der Waals surface area contributed by atoms with E-state index >= 15 is 0 Å². The van der Waals surface area contributed by atoms with Gasteiger partial charge in [0.15, 0.2) is 15.7 Å². The fraction of sp³-hybridized carbons (Fsp3) is 0.524. The van der Waals surface area contributed by atoms with E-state index < -0.39 is 9.84 Å². The van der Waals surface area contributed by atoms with Crippen molar-refractivity contribution >= 4 is 32.5 Å². The number of hydrogen-bond acceptors (Lipinski definition) is 5. The Bertz CT molecular complexity index is 1070. The molecule has 6 nitrogen and oxygen atoms in total. The van der Waals surface area contributed by atoms with Crippen LogP contribution in [0.3, 0.4) is 0 Å². The smallest absolute Gasteiger partial charge is 0.268 e. The third-order valence-corrected chi connectivity index (χ3v) is 8.10. The number of aromatic nitrogens is 2. The standard InChI is InChI=1S/C21H27N3O3S2/c1-14-22-20-18(19(28-14)15-10-12-17(13-11-15)29(2,26)27)21(25)23-24(20)16-8-6-4-3-5-7-9-16/h10-13,16,19H,3-9H2,1-2H3,(H,23,25)/t19-/m1/s1. The van der Waals surface area contributed by atoms with E-state index in [2.05, 4.69) is 5.10 Å². The van der Waals surface area contributed by atoms with E-state index in [1.165, 1.54) is 38.4 Å². The second kappa shape index (κ2) is 8.14. The zero-order valence-electron chi connectivity index (χ0n) is 16.8. The van der Waals surface area contributed by atoms with E-state index in [9.17, 15) is 13.2 Å². The van der Waals surface area contributed by atoms with Gasteiger partial charge in [-0.2, -0.15) is 0 Å². The van der Waals surface area contributed by atoms with E-state index in [-0.39, 0.29) is 21.7 Å². The van der Waals surface area contributed by atoms with Crippen LogP contribution in [0, 0.1) is 0 Å². The van der Waals surface area contributed by atoms with Crippen molar-refractivity contribution in [2.24, 2.45) is 4.99 Å². The molecule has 0 saturated heterocycles. The number of nitrogens with one attached hydrogen (secondary N) is 1. The fourth-order valence-electron chi connectivity index (χ4n) is 4.29. The lowest BCUT2D eigenvalue weighted by molar-refractivity contribution is 0.349. The van der Waals surface area contributed by atoms with Crippen molar-refractivity contribution in [2.45, 2.75) is 68.1 Å². The van der Waals surface area contributed by atoms with Crippen LogP contribution in [0.1, 0.15) is 74.3 Å². The second-order valence-corrected chi connectivity index (χ2v) is 11.3. The molecule has 8 heteroatoms. The third-order valence-electron chi connectivity index (χ3n) is 5.80. The van der Waals surface area contributed by atoms with Crippen molar-refractivity contribution in [1.29, 1.82) is 0 Å². The zero-order valence-corrected chi connectivity index (χ0v) is 18.5. The Labute approximate surface area is 175 Å². The van der Waals surface area contributed by atoms with Gasteiger partial charge >= 0.3 is 0 Å². The average Bonchev–Trinajstić information content (AvgIpc) is 2.96. The van der Waals surface area contributed by atoms with Gasteiger partial charge in [0.1, 0.15) is 0 Å². The number of fused-ring (bicyclic) bond motifs is 1. The van der Waals surface area contributed by atoms with Gasteiger partial charge in [0.25, 0.3) is 5.56 Å². The third kappa shape index (κ3) is 4.23. The van der Waals surface area contributed by atoms with Gasteiger partial charge in [0.2, 0.25) is 0 Å². The largest absolute Gasteiger partial charge is 0.271 e. The van der Waals surface area contributed by atoms with Crippen LogP contribution in [0.4, 0.5) is 5.82 Å². The molecular formula is C21H27N3O3S2. The number of H-pyrrole nitrogens is 1. The molecule has 1 fully saturated rings. The fourth-order valence-corrected chi connectivity index (χ4v) is 6.03. The topological polar surface area (TPSA) is 84.3 Å². The van der Waals surface area contributed by atoms with Crippen molar-refractivity contribution in [3.05, 3.63) is 45.7 Å². The maximum atomic E-state index is 12.9. The maximum absolute atomic E-state index is 12.9. The lowest BCUT2D eigenvalue weighted by atomic mass is 9.97. The van der Waals surface area contributed by atoms with Crippen molar-refractivity contribution in [3.63, 3.8) is 0 Å². The Hall–Kier alpha value is -1.80. The summed E-state index contributed by atoms with van der Waals surface area (Å²) in [6.07, 6.45) is 9.47. The van der Waals surface area contributed by atoms with Crippen molar-refractivity contribution < 1.29 is 8.42 Å². The van der Waals surface area contributed by atoms with Crippen LogP contribution in [0.5, 0.6) is 0 Å². The minimum Gasteiger partial charge on any atom is -0.268 e. The molecule has 1 aromatic heterocycles. The predicted octanol–water partition coefficient (Wildman–Crippen LogP) is 4.75. The molecule has 2 aliphatic rings. The van der Waals surface area contributed by atoms with Gasteiger partial charge in [-0.15, -0.1) is 0 Å². The molecule has 1 aliphatic heterocycles. The second-order valence-electron chi connectivity index (χ2n) is 8.02. The Morgan fingerprint density at radius 3 is 2.31 bits per heavy atom. The highest BCUT2D eigenvalue weighted by Gasteiger charge is 2.32. The molecule has 2 aromatic rings. The molecule has 1 aliphatic carbocycles. The van der Waals surface area contributed by atoms with Crippen molar-refractivity contribution in [1.82, 2.24) is 9.78 Å². The molecule has 1 aromatic carbocycles. The number of nitrogens with zero attached hydrogens (tertiary/aromatic N) is 2. The summed E-state index contributed by atoms with van der Waals surface area (Å²) in [7, 11) is -3.25. The summed E-state index contributed by atoms with van der Waals surface area (Å²) in [6, 6.07) is 7.13. The summed E-state index contributed by atoms with van der Waals surface area (Å²) in [5.74, 6) is 0.744. The maximum Gasteiger partial charge on any atom is 0.271 e. The number of hydrogen-bond donors (Lipinski definition) is 1. The lowest BCUT2D eigenvalue weighted by Gasteiger charge is -2.25. The number of aliphatic imine (C=N–C) groups is 1. The summed E-state index contributed by atoms with van der Waals surface area (Å²) in [5.41, 5.74) is 1.50. The molecule has 0 spiro atoms. The lowest BCUT2D eigenvalue weighted by Crippen LogP contribution is -2.15. The Balaban J connectivity index is 1.74. The number of aromatic amines is 1. The van der Waals surface area contributed by atoms with Crippen LogP contribution < -0.4 is 5.56 Å². The Morgan fingerprint density at radius 1 is 1.07 bits per heavy atom. The van der Waals surface area contributed by atoms with Crippen LogP contribution >= 0.6 is 11.8 Å². The SMILES string of the molecule is CC1=Nc2c(c(=O)[nH]n2C2CCCCCCC2)[C@@H](c2ccc(S(C)(=O)=O)cc2)S1. The van der Waals surface area contributed by atoms with E-state index in [0.717, 1.165) is 29.3 Å². The van der Waals surface area contributed by atoms with Gasteiger partial charge in [-0.05, 0) is 37.5 Å². The number of benzene rings is 1. The molecule has 1 atom stereocenters. The van der Waals surface area contributed by atoms with Gasteiger partial charge in [0, 0.05) is 6.26 Å². The highest BCUT2D eigenvalue weighted by atomic mass is 32.2. The Kier molecular flexibility index (Phi) is 5.75. The number of sulfone groups is 1. The van der Waals surface area contributed by atoms with E-state index in [1.54, 1.807) is 23.9 Å². The van der Waals surface area contributed by atoms with Crippen LogP contribution in [-0.4, -0.2) is 29.5 Å². The molecular weight excluding hydrogens is 406 g/mol. The molecule has 2 heterocycles. The number of rotatable bonds is 3. The summed E-state index contributed by atoms with van der Waals surface area (Å²) in [4.78, 5) is 18.0. The minimum absolute atomic E-state index is 0.0944. The first-order chi connectivity index (χ1) is 13.8. The monoisotopic (exact) mass is 433 g/mol. The highest BCUT2D eigenvalue weighted by Crippen LogP contribution is 2.45. The number of thioether (sulfide) groups is 1. The highest BCUT2D eigenvalue weighted by molar-refractivity contribution is 8.14. The molecule has 0 unspecified atom stereocenters. The quantitative estimate of drug-likeness (QED) is 0.757. The first kappa shape index (κ1) is 20.5. The summed E-state index contributed by atoms with van der Waals surface area (Å²) >= 11 is 1.54. The van der Waals surface area contributed by atoms with Gasteiger partial charge in [-0.3, -0.25) is 14.6 Å². The van der Waals surface area contributed by atoms with Gasteiger partial charge < -0.3 is 0 Å². The molecule has 4 rings (SSSR count). The summed E-state index contributed by atoms with van der Waals surface area (Å²) in [6.45, 7) is 1.96. The summed E-state index contributed by atoms with van der Waals surface area (Å²) < 4.78 is 25.6.